The van der Waals surface area contributed by atoms with Gasteiger partial charge in [0, 0.05) is 6.54 Å². The number of halogens is 1. The molecule has 0 spiro atoms. The van der Waals surface area contributed by atoms with Gasteiger partial charge in [0.2, 0.25) is 5.91 Å². The van der Waals surface area contributed by atoms with Gasteiger partial charge in [0.1, 0.15) is 6.54 Å². The van der Waals surface area contributed by atoms with Gasteiger partial charge in [-0.05, 0) is 19.8 Å². The maximum Gasteiger partial charge on any atom is 0.325 e. The fraction of sp³-hybridized carbons (Fsp3) is 0.818. The van der Waals surface area contributed by atoms with Crippen molar-refractivity contribution in [3.8, 4) is 0 Å². The van der Waals surface area contributed by atoms with E-state index in [-0.39, 0.29) is 23.2 Å². The van der Waals surface area contributed by atoms with Crippen LogP contribution in [0.25, 0.3) is 0 Å². The Hall–Kier alpha value is -0.580. The Bertz CT molecular complexity index is 241. The van der Waals surface area contributed by atoms with Crippen LogP contribution in [0.3, 0.4) is 0 Å². The number of rotatable bonds is 6. The quantitative estimate of drug-likeness (QED) is 0.554. The zero-order valence-corrected chi connectivity index (χ0v) is 11.9. The number of hydrogen-bond donors (Lipinski definition) is 0. The number of ether oxygens (including phenoxy) is 1. The lowest BCUT2D eigenvalue weighted by Crippen LogP contribution is -2.41. The zero-order valence-electron chi connectivity index (χ0n) is 10.3. The minimum atomic E-state index is -0.357. The Morgan fingerprint density at radius 1 is 1.31 bits per heavy atom. The van der Waals surface area contributed by atoms with Crippen LogP contribution in [0.1, 0.15) is 27.7 Å². The van der Waals surface area contributed by atoms with Crippen molar-refractivity contribution in [2.24, 2.45) is 5.92 Å². The summed E-state index contributed by atoms with van der Waals surface area (Å²) in [6, 6.07) is 0. The maximum absolute atomic E-state index is 11.8. The Kier molecular flexibility index (Phi) is 7.38. The lowest BCUT2D eigenvalue weighted by molar-refractivity contribution is -0.149. The molecule has 0 aromatic heterocycles. The molecule has 0 saturated carbocycles. The molecule has 1 unspecified atom stereocenters. The topological polar surface area (TPSA) is 46.6 Å². The van der Waals surface area contributed by atoms with Crippen molar-refractivity contribution < 1.29 is 14.3 Å². The second-order valence-corrected chi connectivity index (χ2v) is 5.41. The van der Waals surface area contributed by atoms with Crippen molar-refractivity contribution in [1.82, 2.24) is 4.90 Å². The highest BCUT2D eigenvalue weighted by Gasteiger charge is 2.21. The highest BCUT2D eigenvalue weighted by molar-refractivity contribution is 9.10. The van der Waals surface area contributed by atoms with Crippen LogP contribution in [0.5, 0.6) is 0 Å². The molecule has 0 aliphatic carbocycles. The van der Waals surface area contributed by atoms with Crippen molar-refractivity contribution in [3.05, 3.63) is 0 Å². The van der Waals surface area contributed by atoms with E-state index in [0.717, 1.165) is 0 Å². The summed E-state index contributed by atoms with van der Waals surface area (Å²) in [5, 5.41) is 0. The first kappa shape index (κ1) is 15.4. The largest absolute Gasteiger partial charge is 0.465 e. The Morgan fingerprint density at radius 2 is 1.88 bits per heavy atom. The molecule has 5 heteroatoms. The van der Waals surface area contributed by atoms with E-state index in [1.807, 2.05) is 13.8 Å². The predicted molar refractivity (Wildman–Crippen MR) is 66.4 cm³/mol. The summed E-state index contributed by atoms with van der Waals surface area (Å²) < 4.78 is 4.84. The molecule has 0 radical (unpaired) electrons. The predicted octanol–water partition coefficient (Wildman–Crippen LogP) is 1.82. The van der Waals surface area contributed by atoms with Gasteiger partial charge in [-0.3, -0.25) is 9.59 Å². The summed E-state index contributed by atoms with van der Waals surface area (Å²) in [6.07, 6.45) is 0. The van der Waals surface area contributed by atoms with Crippen LogP contribution in [-0.2, 0) is 14.3 Å². The molecular weight excluding hydrogens is 274 g/mol. The zero-order chi connectivity index (χ0) is 12.7. The van der Waals surface area contributed by atoms with Crippen LogP contribution in [0.15, 0.2) is 0 Å². The molecule has 0 rings (SSSR count). The summed E-state index contributed by atoms with van der Waals surface area (Å²) >= 11 is 3.22. The monoisotopic (exact) mass is 293 g/mol. The van der Waals surface area contributed by atoms with E-state index in [0.29, 0.717) is 19.1 Å². The van der Waals surface area contributed by atoms with E-state index in [1.165, 1.54) is 4.90 Å². The molecule has 0 aromatic carbocycles. The van der Waals surface area contributed by atoms with Gasteiger partial charge in [-0.2, -0.15) is 0 Å². The van der Waals surface area contributed by atoms with E-state index in [1.54, 1.807) is 13.8 Å². The van der Waals surface area contributed by atoms with Crippen LogP contribution in [0.2, 0.25) is 0 Å². The molecule has 16 heavy (non-hydrogen) atoms. The lowest BCUT2D eigenvalue weighted by Gasteiger charge is -2.24. The van der Waals surface area contributed by atoms with Gasteiger partial charge in [-0.15, -0.1) is 0 Å². The standard InChI is InChI=1S/C11H20BrNO3/c1-5-16-10(14)7-13(6-8(2)3)11(15)9(4)12/h8-9H,5-7H2,1-4H3. The van der Waals surface area contributed by atoms with E-state index in [9.17, 15) is 9.59 Å². The maximum atomic E-state index is 11.8. The number of amides is 1. The fourth-order valence-corrected chi connectivity index (χ4v) is 1.58. The molecular formula is C11H20BrNO3. The van der Waals surface area contributed by atoms with Crippen LogP contribution < -0.4 is 0 Å². The first-order valence-corrected chi connectivity index (χ1v) is 6.38. The van der Waals surface area contributed by atoms with Gasteiger partial charge in [0.25, 0.3) is 0 Å². The van der Waals surface area contributed by atoms with E-state index < -0.39 is 0 Å². The van der Waals surface area contributed by atoms with Crippen molar-refractivity contribution >= 4 is 27.8 Å². The SMILES string of the molecule is CCOC(=O)CN(CC(C)C)C(=O)C(C)Br. The molecule has 0 saturated heterocycles. The second-order valence-electron chi connectivity index (χ2n) is 4.03. The van der Waals surface area contributed by atoms with Gasteiger partial charge >= 0.3 is 5.97 Å². The normalized spacial score (nSPS) is 12.4. The van der Waals surface area contributed by atoms with Gasteiger partial charge in [0.15, 0.2) is 0 Å². The number of alkyl halides is 1. The summed E-state index contributed by atoms with van der Waals surface area (Å²) in [4.78, 5) is 24.4. The third kappa shape index (κ3) is 6.10. The average Bonchev–Trinajstić information content (AvgIpc) is 2.15. The van der Waals surface area contributed by atoms with E-state index in [4.69, 9.17) is 4.74 Å². The summed E-state index contributed by atoms with van der Waals surface area (Å²) in [5.74, 6) is -0.115. The Morgan fingerprint density at radius 3 is 2.25 bits per heavy atom. The molecule has 1 atom stereocenters. The van der Waals surface area contributed by atoms with Crippen LogP contribution in [0, 0.1) is 5.92 Å². The van der Waals surface area contributed by atoms with Crippen LogP contribution in [-0.4, -0.2) is 41.3 Å². The van der Waals surface area contributed by atoms with Crippen molar-refractivity contribution in [2.75, 3.05) is 19.7 Å². The third-order valence-electron chi connectivity index (χ3n) is 1.86. The fourth-order valence-electron chi connectivity index (χ4n) is 1.29. The molecule has 0 aliphatic rings. The molecule has 1 amide bonds. The van der Waals surface area contributed by atoms with E-state index in [2.05, 4.69) is 15.9 Å². The first-order valence-electron chi connectivity index (χ1n) is 5.46. The van der Waals surface area contributed by atoms with Crippen molar-refractivity contribution in [1.29, 1.82) is 0 Å². The molecule has 0 heterocycles. The number of carbonyl (C=O) groups is 2. The highest BCUT2D eigenvalue weighted by Crippen LogP contribution is 2.07. The summed E-state index contributed by atoms with van der Waals surface area (Å²) in [7, 11) is 0. The molecule has 4 nitrogen and oxygen atoms in total. The molecule has 0 aromatic rings. The van der Waals surface area contributed by atoms with Crippen molar-refractivity contribution in [3.63, 3.8) is 0 Å². The number of carbonyl (C=O) groups excluding carboxylic acids is 2. The van der Waals surface area contributed by atoms with Gasteiger partial charge in [-0.25, -0.2) is 0 Å². The van der Waals surface area contributed by atoms with Crippen LogP contribution >= 0.6 is 15.9 Å². The molecule has 0 N–H and O–H groups in total. The summed E-state index contributed by atoms with van der Waals surface area (Å²) in [6.45, 7) is 8.44. The number of nitrogens with zero attached hydrogens (tertiary/aromatic N) is 1. The average molecular weight is 294 g/mol. The minimum absolute atomic E-state index is 0.0286. The third-order valence-corrected chi connectivity index (χ3v) is 2.25. The smallest absolute Gasteiger partial charge is 0.325 e. The first-order chi connectivity index (χ1) is 7.38. The minimum Gasteiger partial charge on any atom is -0.465 e. The number of hydrogen-bond acceptors (Lipinski definition) is 3. The Balaban J connectivity index is 4.43. The molecule has 94 valence electrons. The van der Waals surface area contributed by atoms with Crippen LogP contribution in [0.4, 0.5) is 0 Å². The van der Waals surface area contributed by atoms with Gasteiger partial charge < -0.3 is 9.64 Å². The molecule has 0 bridgehead atoms. The molecule has 0 fully saturated rings. The molecule has 0 aliphatic heterocycles. The van der Waals surface area contributed by atoms with Gasteiger partial charge in [-0.1, -0.05) is 29.8 Å². The summed E-state index contributed by atoms with van der Waals surface area (Å²) in [5.41, 5.74) is 0. The van der Waals surface area contributed by atoms with Crippen molar-refractivity contribution in [2.45, 2.75) is 32.5 Å². The van der Waals surface area contributed by atoms with E-state index >= 15 is 0 Å². The highest BCUT2D eigenvalue weighted by atomic mass is 79.9. The Labute approximate surface area is 105 Å². The second kappa shape index (κ2) is 7.65. The number of esters is 1. The van der Waals surface area contributed by atoms with Gasteiger partial charge in [0.05, 0.1) is 11.4 Å². The lowest BCUT2D eigenvalue weighted by atomic mass is 10.2.